The minimum Gasteiger partial charge on any atom is -0.343 e. The summed E-state index contributed by atoms with van der Waals surface area (Å²) in [5, 5.41) is 18.4. The molecule has 0 bridgehead atoms. The maximum atomic E-state index is 9.31. The van der Waals surface area contributed by atoms with Crippen LogP contribution in [0.15, 0.2) is 16.2 Å². The third-order valence-corrected chi connectivity index (χ3v) is 5.01. The van der Waals surface area contributed by atoms with Crippen LogP contribution in [0, 0.1) is 22.7 Å². The normalized spacial score (nSPS) is 16.3. The highest BCUT2D eigenvalue weighted by Gasteiger charge is 2.28. The van der Waals surface area contributed by atoms with Crippen molar-refractivity contribution in [1.29, 1.82) is 10.5 Å². The molecule has 0 radical (unpaired) electrons. The van der Waals surface area contributed by atoms with Gasteiger partial charge in [0.2, 0.25) is 11.7 Å². The lowest BCUT2D eigenvalue weighted by molar-refractivity contribution is 0.333. The molecule has 0 saturated carbocycles. The molecule has 1 unspecified atom stereocenters. The fourth-order valence-electron chi connectivity index (χ4n) is 3.44. The van der Waals surface area contributed by atoms with Gasteiger partial charge < -0.3 is 9.88 Å². The summed E-state index contributed by atoms with van der Waals surface area (Å²) in [6, 6.07) is 3.99. The van der Waals surface area contributed by atoms with Gasteiger partial charge in [-0.15, -0.1) is 0 Å². The molecular weight excluding hydrogens is 350 g/mol. The van der Waals surface area contributed by atoms with Gasteiger partial charge in [0.1, 0.15) is 18.0 Å². The van der Waals surface area contributed by atoms with E-state index in [-0.39, 0.29) is 11.7 Å². The Bertz CT molecular complexity index is 748. The number of rotatable bonds is 12. The van der Waals surface area contributed by atoms with Crippen LogP contribution in [0.2, 0.25) is 0 Å². The summed E-state index contributed by atoms with van der Waals surface area (Å²) in [7, 11) is 0. The lowest BCUT2D eigenvalue weighted by Crippen LogP contribution is -2.37. The van der Waals surface area contributed by atoms with Crippen molar-refractivity contribution in [3.05, 3.63) is 17.7 Å². The molecule has 2 rings (SSSR count). The Hall–Kier alpha value is -2.67. The van der Waals surface area contributed by atoms with Gasteiger partial charge in [0.05, 0.1) is 11.9 Å². The standard InChI is InChI=1S/C21H31N7/c1-3-5-6-7-8-9-10-11-12-13-18-24-16-17(25-18)21-27-19(14-22)26-20(15-23)28(21)4-2/h16,21H,3-13H2,1-2H3,(H,24,25). The third-order valence-electron chi connectivity index (χ3n) is 5.01. The average Bonchev–Trinajstić information content (AvgIpc) is 3.20. The highest BCUT2D eigenvalue weighted by atomic mass is 15.3. The number of nitrogens with zero attached hydrogens (tertiary/aromatic N) is 6. The van der Waals surface area contributed by atoms with Crippen LogP contribution in [0.1, 0.15) is 89.3 Å². The van der Waals surface area contributed by atoms with E-state index in [0.29, 0.717) is 6.54 Å². The van der Waals surface area contributed by atoms with Crippen molar-refractivity contribution in [3.63, 3.8) is 0 Å². The van der Waals surface area contributed by atoms with Gasteiger partial charge in [-0.05, 0) is 13.3 Å². The Balaban J connectivity index is 1.82. The van der Waals surface area contributed by atoms with E-state index in [0.717, 1.165) is 24.4 Å². The summed E-state index contributed by atoms with van der Waals surface area (Å²) in [5.41, 5.74) is 0.795. The monoisotopic (exact) mass is 381 g/mol. The summed E-state index contributed by atoms with van der Waals surface area (Å²) in [4.78, 5) is 17.9. The molecule has 28 heavy (non-hydrogen) atoms. The van der Waals surface area contributed by atoms with Gasteiger partial charge >= 0.3 is 0 Å². The van der Waals surface area contributed by atoms with E-state index in [9.17, 15) is 5.26 Å². The zero-order chi connectivity index (χ0) is 20.2. The lowest BCUT2D eigenvalue weighted by Gasteiger charge is -2.29. The van der Waals surface area contributed by atoms with E-state index in [4.69, 9.17) is 5.26 Å². The van der Waals surface area contributed by atoms with Crippen molar-refractivity contribution in [3.8, 4) is 12.1 Å². The molecular formula is C21H31N7. The van der Waals surface area contributed by atoms with Gasteiger partial charge in [0.25, 0.3) is 0 Å². The molecule has 1 aromatic heterocycles. The molecule has 0 amide bonds. The minimum absolute atomic E-state index is 0.0290. The highest BCUT2D eigenvalue weighted by Crippen LogP contribution is 2.25. The number of nitrogens with one attached hydrogen (secondary N) is 1. The summed E-state index contributed by atoms with van der Waals surface area (Å²) < 4.78 is 0. The van der Waals surface area contributed by atoms with Gasteiger partial charge in [0.15, 0.2) is 6.17 Å². The Labute approximate surface area is 168 Å². The average molecular weight is 382 g/mol. The van der Waals surface area contributed by atoms with E-state index >= 15 is 0 Å². The molecule has 0 fully saturated rings. The number of aromatic amines is 1. The molecule has 1 aromatic rings. The largest absolute Gasteiger partial charge is 0.343 e. The molecule has 7 nitrogen and oxygen atoms in total. The van der Waals surface area contributed by atoms with Crippen LogP contribution in [0.5, 0.6) is 0 Å². The molecule has 0 spiro atoms. The topological polar surface area (TPSA) is 104 Å². The maximum absolute atomic E-state index is 9.31. The molecule has 7 heteroatoms. The van der Waals surface area contributed by atoms with Crippen LogP contribution in [-0.2, 0) is 6.42 Å². The molecule has 0 aliphatic carbocycles. The first kappa shape index (κ1) is 21.6. The van der Waals surface area contributed by atoms with Crippen LogP contribution in [0.3, 0.4) is 0 Å². The number of nitriles is 2. The summed E-state index contributed by atoms with van der Waals surface area (Å²) in [5.74, 6) is 1.18. The van der Waals surface area contributed by atoms with Crippen molar-refractivity contribution in [2.75, 3.05) is 6.54 Å². The Kier molecular flexibility index (Phi) is 9.21. The van der Waals surface area contributed by atoms with Gasteiger partial charge in [-0.3, -0.25) is 0 Å². The first-order chi connectivity index (χ1) is 13.7. The number of unbranched alkanes of at least 4 members (excludes halogenated alkanes) is 8. The van der Waals surface area contributed by atoms with E-state index in [1.54, 1.807) is 11.1 Å². The van der Waals surface area contributed by atoms with E-state index in [1.807, 2.05) is 13.0 Å². The number of hydrogen-bond donors (Lipinski definition) is 1. The summed E-state index contributed by atoms with van der Waals surface area (Å²) in [6.07, 6.45) is 13.9. The second-order valence-electron chi connectivity index (χ2n) is 7.14. The summed E-state index contributed by atoms with van der Waals surface area (Å²) in [6.45, 7) is 4.76. The number of aliphatic imine (C=N–C) groups is 2. The van der Waals surface area contributed by atoms with Crippen molar-refractivity contribution in [2.45, 2.75) is 84.2 Å². The molecule has 0 saturated heterocycles. The maximum Gasteiger partial charge on any atom is 0.232 e. The molecule has 1 aliphatic rings. The number of aryl methyl sites for hydroxylation is 1. The first-order valence-corrected chi connectivity index (χ1v) is 10.5. The predicted octanol–water partition coefficient (Wildman–Crippen LogP) is 4.66. The zero-order valence-electron chi connectivity index (χ0n) is 17.1. The van der Waals surface area contributed by atoms with Gasteiger partial charge in [0, 0.05) is 13.0 Å². The van der Waals surface area contributed by atoms with Crippen LogP contribution < -0.4 is 0 Å². The Morgan fingerprint density at radius 2 is 1.68 bits per heavy atom. The number of hydrogen-bond acceptors (Lipinski definition) is 6. The van der Waals surface area contributed by atoms with Crippen LogP contribution in [0.25, 0.3) is 0 Å². The van der Waals surface area contributed by atoms with Crippen LogP contribution in [0.4, 0.5) is 0 Å². The third kappa shape index (κ3) is 6.20. The van der Waals surface area contributed by atoms with E-state index in [1.165, 1.54) is 51.4 Å². The first-order valence-electron chi connectivity index (χ1n) is 10.5. The molecule has 1 aliphatic heterocycles. The summed E-state index contributed by atoms with van der Waals surface area (Å²) >= 11 is 0. The van der Waals surface area contributed by atoms with E-state index in [2.05, 4.69) is 32.9 Å². The predicted molar refractivity (Wildman–Crippen MR) is 111 cm³/mol. The highest BCUT2D eigenvalue weighted by molar-refractivity contribution is 6.11. The SMILES string of the molecule is CCCCCCCCCCCc1ncc(C2N=C(C#N)N=C(C#N)N2CC)[nH]1. The van der Waals surface area contributed by atoms with Crippen molar-refractivity contribution >= 4 is 11.7 Å². The van der Waals surface area contributed by atoms with Crippen molar-refractivity contribution in [1.82, 2.24) is 14.9 Å². The fraction of sp³-hybridized carbons (Fsp3) is 0.667. The molecule has 1 atom stereocenters. The minimum atomic E-state index is -0.448. The number of H-pyrrole nitrogens is 1. The Morgan fingerprint density at radius 3 is 2.29 bits per heavy atom. The smallest absolute Gasteiger partial charge is 0.232 e. The van der Waals surface area contributed by atoms with Crippen molar-refractivity contribution in [2.24, 2.45) is 9.98 Å². The lowest BCUT2D eigenvalue weighted by atomic mass is 10.1. The molecule has 0 aromatic carbocycles. The number of aromatic nitrogens is 2. The quantitative estimate of drug-likeness (QED) is 0.531. The Morgan fingerprint density at radius 1 is 1.00 bits per heavy atom. The fourth-order valence-corrected chi connectivity index (χ4v) is 3.44. The van der Waals surface area contributed by atoms with Crippen LogP contribution in [-0.4, -0.2) is 33.1 Å². The van der Waals surface area contributed by atoms with Gasteiger partial charge in [-0.2, -0.15) is 15.5 Å². The van der Waals surface area contributed by atoms with Gasteiger partial charge in [-0.1, -0.05) is 58.3 Å². The molecule has 2 heterocycles. The van der Waals surface area contributed by atoms with Crippen LogP contribution >= 0.6 is 0 Å². The second kappa shape index (κ2) is 11.9. The van der Waals surface area contributed by atoms with Gasteiger partial charge in [-0.25, -0.2) is 9.98 Å². The zero-order valence-corrected chi connectivity index (χ0v) is 17.1. The van der Waals surface area contributed by atoms with E-state index < -0.39 is 6.17 Å². The molecule has 150 valence electrons. The second-order valence-corrected chi connectivity index (χ2v) is 7.14. The number of amidine groups is 2. The molecule has 1 N–H and O–H groups in total. The number of imidazole rings is 1. The van der Waals surface area contributed by atoms with Crippen molar-refractivity contribution < 1.29 is 0 Å².